The largest absolute Gasteiger partial charge is 0.336 e. The van der Waals surface area contributed by atoms with Gasteiger partial charge in [-0.25, -0.2) is 0 Å². The Kier molecular flexibility index (Phi) is 4.60. The van der Waals surface area contributed by atoms with E-state index in [1.807, 2.05) is 6.92 Å². The highest BCUT2D eigenvalue weighted by Crippen LogP contribution is 2.27. The number of non-ortho nitro benzene ring substituents is 1. The number of hydrogen-bond acceptors (Lipinski definition) is 3. The molecule has 1 aliphatic heterocycles. The van der Waals surface area contributed by atoms with E-state index >= 15 is 0 Å². The molecule has 1 heterocycles. The molecule has 1 aliphatic rings. The Hall–Kier alpha value is -1.62. The molecule has 1 atom stereocenters. The van der Waals surface area contributed by atoms with Crippen LogP contribution in [0.2, 0.25) is 5.02 Å². The first-order valence-corrected chi connectivity index (χ1v) is 7.17. The van der Waals surface area contributed by atoms with Gasteiger partial charge in [0.15, 0.2) is 0 Å². The van der Waals surface area contributed by atoms with E-state index in [1.165, 1.54) is 18.2 Å². The number of hydrogen-bond donors (Lipinski definition) is 0. The molecule has 20 heavy (non-hydrogen) atoms. The van der Waals surface area contributed by atoms with Gasteiger partial charge in [0.25, 0.3) is 11.6 Å². The van der Waals surface area contributed by atoms with Gasteiger partial charge in [-0.05, 0) is 31.7 Å². The number of halogens is 1. The molecular weight excluding hydrogens is 280 g/mol. The van der Waals surface area contributed by atoms with E-state index in [1.54, 1.807) is 4.90 Å². The highest BCUT2D eigenvalue weighted by Gasteiger charge is 2.28. The van der Waals surface area contributed by atoms with Crippen molar-refractivity contribution in [3.05, 3.63) is 38.9 Å². The summed E-state index contributed by atoms with van der Waals surface area (Å²) in [5.41, 5.74) is 0.115. The summed E-state index contributed by atoms with van der Waals surface area (Å²) in [5.74, 6) is -0.203. The summed E-state index contributed by atoms with van der Waals surface area (Å²) in [5, 5.41) is 11.1. The zero-order valence-electron chi connectivity index (χ0n) is 11.3. The summed E-state index contributed by atoms with van der Waals surface area (Å²) in [6.07, 6.45) is 3.95. The van der Waals surface area contributed by atoms with Crippen molar-refractivity contribution < 1.29 is 9.72 Å². The summed E-state index contributed by atoms with van der Waals surface area (Å²) in [6, 6.07) is 4.20. The molecular formula is C14H17ClN2O3. The topological polar surface area (TPSA) is 63.5 Å². The lowest BCUT2D eigenvalue weighted by Gasteiger charge is -2.35. The van der Waals surface area contributed by atoms with Crippen LogP contribution in [0.3, 0.4) is 0 Å². The minimum Gasteiger partial charge on any atom is -0.336 e. The van der Waals surface area contributed by atoms with Crippen molar-refractivity contribution in [2.24, 2.45) is 0 Å². The summed E-state index contributed by atoms with van der Waals surface area (Å²) in [4.78, 5) is 24.7. The highest BCUT2D eigenvalue weighted by molar-refractivity contribution is 6.33. The average molecular weight is 297 g/mol. The van der Waals surface area contributed by atoms with Crippen LogP contribution in [-0.4, -0.2) is 28.3 Å². The van der Waals surface area contributed by atoms with Gasteiger partial charge in [-0.15, -0.1) is 0 Å². The van der Waals surface area contributed by atoms with E-state index in [0.717, 1.165) is 25.7 Å². The highest BCUT2D eigenvalue weighted by atomic mass is 35.5. The first-order chi connectivity index (χ1) is 9.54. The molecule has 5 nitrogen and oxygen atoms in total. The number of rotatable bonds is 3. The lowest BCUT2D eigenvalue weighted by atomic mass is 9.99. The predicted octanol–water partition coefficient (Wildman–Crippen LogP) is 3.65. The summed E-state index contributed by atoms with van der Waals surface area (Å²) >= 11 is 6.04. The van der Waals surface area contributed by atoms with Crippen LogP contribution in [0.1, 0.15) is 43.0 Å². The number of nitro groups is 1. The number of carbonyl (C=O) groups is 1. The van der Waals surface area contributed by atoms with Crippen molar-refractivity contribution in [1.82, 2.24) is 4.90 Å². The Morgan fingerprint density at radius 3 is 2.90 bits per heavy atom. The van der Waals surface area contributed by atoms with Crippen molar-refractivity contribution in [3.63, 3.8) is 0 Å². The quantitative estimate of drug-likeness (QED) is 0.631. The molecule has 0 aromatic heterocycles. The molecule has 0 saturated carbocycles. The number of carbonyl (C=O) groups excluding carboxylic acids is 1. The molecule has 0 spiro atoms. The SMILES string of the molecule is CCC1CCCCN1C(=O)c1cc([N+](=O)[O-])ccc1Cl. The fraction of sp³-hybridized carbons (Fsp3) is 0.500. The van der Waals surface area contributed by atoms with Gasteiger partial charge in [0.1, 0.15) is 0 Å². The maximum Gasteiger partial charge on any atom is 0.270 e. The van der Waals surface area contributed by atoms with Gasteiger partial charge in [0.2, 0.25) is 0 Å². The Morgan fingerprint density at radius 1 is 1.50 bits per heavy atom. The number of likely N-dealkylation sites (tertiary alicyclic amines) is 1. The van der Waals surface area contributed by atoms with Crippen LogP contribution in [0, 0.1) is 10.1 Å². The first-order valence-electron chi connectivity index (χ1n) is 6.79. The molecule has 108 valence electrons. The van der Waals surface area contributed by atoms with Gasteiger partial charge in [0.05, 0.1) is 15.5 Å². The Bertz CT molecular complexity index is 533. The first kappa shape index (κ1) is 14.8. The zero-order chi connectivity index (χ0) is 14.7. The standard InChI is InChI=1S/C14H17ClN2O3/c1-2-10-5-3-4-8-16(10)14(18)12-9-11(17(19)20)6-7-13(12)15/h6-7,9-10H,2-5,8H2,1H3. The minimum atomic E-state index is -0.513. The second kappa shape index (κ2) is 6.22. The second-order valence-electron chi connectivity index (χ2n) is 4.98. The van der Waals surface area contributed by atoms with E-state index in [-0.39, 0.29) is 28.2 Å². The third kappa shape index (κ3) is 2.93. The van der Waals surface area contributed by atoms with Gasteiger partial charge >= 0.3 is 0 Å². The monoisotopic (exact) mass is 296 g/mol. The van der Waals surface area contributed by atoms with Crippen molar-refractivity contribution >= 4 is 23.2 Å². The van der Waals surface area contributed by atoms with Gasteiger partial charge in [0, 0.05) is 24.7 Å². The molecule has 0 N–H and O–H groups in total. The second-order valence-corrected chi connectivity index (χ2v) is 5.38. The zero-order valence-corrected chi connectivity index (χ0v) is 12.1. The third-order valence-corrected chi connectivity index (χ3v) is 4.08. The van der Waals surface area contributed by atoms with Crippen molar-refractivity contribution in [2.45, 2.75) is 38.6 Å². The fourth-order valence-electron chi connectivity index (χ4n) is 2.64. The van der Waals surface area contributed by atoms with E-state index in [4.69, 9.17) is 11.6 Å². The van der Waals surface area contributed by atoms with Crippen LogP contribution in [0.4, 0.5) is 5.69 Å². The maximum absolute atomic E-state index is 12.6. The Morgan fingerprint density at radius 2 is 2.25 bits per heavy atom. The lowest BCUT2D eigenvalue weighted by molar-refractivity contribution is -0.384. The van der Waals surface area contributed by atoms with Crippen LogP contribution < -0.4 is 0 Å². The van der Waals surface area contributed by atoms with Gasteiger partial charge in [-0.3, -0.25) is 14.9 Å². The number of nitrogens with zero attached hydrogens (tertiary/aromatic N) is 2. The summed E-state index contributed by atoms with van der Waals surface area (Å²) in [7, 11) is 0. The molecule has 1 amide bonds. The average Bonchev–Trinajstić information content (AvgIpc) is 2.46. The van der Waals surface area contributed by atoms with Gasteiger partial charge in [-0.2, -0.15) is 0 Å². The van der Waals surface area contributed by atoms with Crippen LogP contribution in [0.5, 0.6) is 0 Å². The molecule has 1 unspecified atom stereocenters. The van der Waals surface area contributed by atoms with Crippen LogP contribution in [-0.2, 0) is 0 Å². The van der Waals surface area contributed by atoms with E-state index < -0.39 is 4.92 Å². The van der Waals surface area contributed by atoms with Crippen LogP contribution in [0.25, 0.3) is 0 Å². The molecule has 2 rings (SSSR count). The molecule has 0 aliphatic carbocycles. The van der Waals surface area contributed by atoms with E-state index in [0.29, 0.717) is 6.54 Å². The number of piperidine rings is 1. The van der Waals surface area contributed by atoms with Crippen molar-refractivity contribution in [2.75, 3.05) is 6.54 Å². The Labute approximate surface area is 122 Å². The van der Waals surface area contributed by atoms with Crippen LogP contribution in [0.15, 0.2) is 18.2 Å². The van der Waals surface area contributed by atoms with E-state index in [2.05, 4.69) is 0 Å². The molecule has 6 heteroatoms. The minimum absolute atomic E-state index is 0.109. The number of benzene rings is 1. The summed E-state index contributed by atoms with van der Waals surface area (Å²) < 4.78 is 0. The maximum atomic E-state index is 12.6. The fourth-order valence-corrected chi connectivity index (χ4v) is 2.84. The summed E-state index contributed by atoms with van der Waals surface area (Å²) in [6.45, 7) is 2.74. The van der Waals surface area contributed by atoms with Gasteiger partial charge in [-0.1, -0.05) is 18.5 Å². The van der Waals surface area contributed by atoms with Crippen molar-refractivity contribution in [3.8, 4) is 0 Å². The van der Waals surface area contributed by atoms with E-state index in [9.17, 15) is 14.9 Å². The molecule has 1 saturated heterocycles. The predicted molar refractivity (Wildman–Crippen MR) is 77.1 cm³/mol. The van der Waals surface area contributed by atoms with Crippen molar-refractivity contribution in [1.29, 1.82) is 0 Å². The molecule has 1 aromatic rings. The third-order valence-electron chi connectivity index (χ3n) is 3.75. The van der Waals surface area contributed by atoms with Gasteiger partial charge < -0.3 is 4.90 Å². The molecule has 1 aromatic carbocycles. The molecule has 1 fully saturated rings. The molecule has 0 bridgehead atoms. The Balaban J connectivity index is 2.32. The normalized spacial score (nSPS) is 18.9. The number of amides is 1. The molecule has 0 radical (unpaired) electrons. The lowest BCUT2D eigenvalue weighted by Crippen LogP contribution is -2.43. The number of nitro benzene ring substituents is 1. The smallest absolute Gasteiger partial charge is 0.270 e. The van der Waals surface area contributed by atoms with Crippen LogP contribution >= 0.6 is 11.6 Å².